The van der Waals surface area contributed by atoms with Gasteiger partial charge in [-0.05, 0) is 49.2 Å². The van der Waals surface area contributed by atoms with Gasteiger partial charge in [-0.3, -0.25) is 13.8 Å². The van der Waals surface area contributed by atoms with Crippen LogP contribution in [0.4, 0.5) is 8.78 Å². The standard InChI is InChI=1S/C27H25F2N7O2/c1-14-8-17(9-15(2)24(14)28)36-26(23-19(32-36)10-16-12-38-13-20(23)31-16)35-7-6-34(27(35)37)22-5-4-21-18(25(22)29)11-30-33(21)3/h4-9,11,16,20,31H,10,12-13H2,1-3H3/t16-,20-/m0/s1. The topological polar surface area (TPSA) is 83.8 Å². The summed E-state index contributed by atoms with van der Waals surface area (Å²) in [5.74, 6) is -0.276. The highest BCUT2D eigenvalue weighted by Crippen LogP contribution is 2.35. The zero-order valence-electron chi connectivity index (χ0n) is 21.1. The van der Waals surface area contributed by atoms with Gasteiger partial charge in [0.05, 0.1) is 53.4 Å². The van der Waals surface area contributed by atoms with Crippen LogP contribution in [0, 0.1) is 25.5 Å². The van der Waals surface area contributed by atoms with E-state index in [1.165, 1.54) is 15.3 Å². The molecule has 0 spiro atoms. The van der Waals surface area contributed by atoms with E-state index in [4.69, 9.17) is 9.84 Å². The van der Waals surface area contributed by atoms with Crippen LogP contribution in [-0.4, -0.2) is 48.0 Å². The largest absolute Gasteiger partial charge is 0.378 e. The molecule has 11 heteroatoms. The molecule has 5 aromatic rings. The summed E-state index contributed by atoms with van der Waals surface area (Å²) in [5, 5.41) is 13.0. The van der Waals surface area contributed by atoms with Crippen molar-refractivity contribution < 1.29 is 13.5 Å². The first-order valence-electron chi connectivity index (χ1n) is 12.5. The van der Waals surface area contributed by atoms with Crippen molar-refractivity contribution >= 4 is 10.9 Å². The summed E-state index contributed by atoms with van der Waals surface area (Å²) in [6.07, 6.45) is 5.24. The van der Waals surface area contributed by atoms with Crippen LogP contribution < -0.4 is 11.0 Å². The molecule has 2 bridgehead atoms. The highest BCUT2D eigenvalue weighted by atomic mass is 19.1. The molecule has 5 heterocycles. The maximum atomic E-state index is 15.5. The Balaban J connectivity index is 1.46. The Morgan fingerprint density at radius 3 is 2.61 bits per heavy atom. The molecule has 38 heavy (non-hydrogen) atoms. The summed E-state index contributed by atoms with van der Waals surface area (Å²) in [4.78, 5) is 13.9. The van der Waals surface area contributed by atoms with Gasteiger partial charge < -0.3 is 10.1 Å². The predicted molar refractivity (Wildman–Crippen MR) is 136 cm³/mol. The Morgan fingerprint density at radius 1 is 1.05 bits per heavy atom. The zero-order valence-corrected chi connectivity index (χ0v) is 21.1. The molecule has 2 aliphatic heterocycles. The zero-order chi connectivity index (χ0) is 26.3. The second-order valence-corrected chi connectivity index (χ2v) is 10.1. The molecule has 1 N–H and O–H groups in total. The van der Waals surface area contributed by atoms with Crippen LogP contribution in [0.15, 0.2) is 47.7 Å². The van der Waals surface area contributed by atoms with E-state index in [-0.39, 0.29) is 23.6 Å². The maximum Gasteiger partial charge on any atom is 0.338 e. The van der Waals surface area contributed by atoms with Crippen molar-refractivity contribution in [1.82, 2.24) is 34.0 Å². The molecule has 0 unspecified atom stereocenters. The van der Waals surface area contributed by atoms with Gasteiger partial charge >= 0.3 is 5.69 Å². The number of morpholine rings is 1. The summed E-state index contributed by atoms with van der Waals surface area (Å²) < 4.78 is 41.9. The van der Waals surface area contributed by atoms with Gasteiger partial charge in [-0.2, -0.15) is 10.2 Å². The quantitative estimate of drug-likeness (QED) is 0.398. The molecule has 3 aromatic heterocycles. The normalized spacial score (nSPS) is 18.8. The molecule has 7 rings (SSSR count). The highest BCUT2D eigenvalue weighted by molar-refractivity contribution is 5.81. The minimum atomic E-state index is -0.527. The van der Waals surface area contributed by atoms with E-state index < -0.39 is 11.5 Å². The van der Waals surface area contributed by atoms with Gasteiger partial charge in [0.15, 0.2) is 5.82 Å². The van der Waals surface area contributed by atoms with Gasteiger partial charge in [-0.15, -0.1) is 0 Å². The van der Waals surface area contributed by atoms with E-state index in [0.717, 1.165) is 11.3 Å². The van der Waals surface area contributed by atoms with Crippen LogP contribution in [0.5, 0.6) is 0 Å². The van der Waals surface area contributed by atoms with Crippen LogP contribution in [0.3, 0.4) is 0 Å². The SMILES string of the molecule is Cc1cc(-n2nc3c(c2-n2ccn(-c4ccc5c(cnn5C)c4F)c2=O)[C@@H]2COC[C@H](C3)N2)cc(C)c1F. The highest BCUT2D eigenvalue weighted by Gasteiger charge is 2.37. The van der Waals surface area contributed by atoms with Crippen molar-refractivity contribution in [3.8, 4) is 17.2 Å². The van der Waals surface area contributed by atoms with Crippen LogP contribution >= 0.6 is 0 Å². The number of hydrogen-bond acceptors (Lipinski definition) is 5. The molecule has 2 aromatic carbocycles. The Bertz CT molecular complexity index is 1790. The number of fused-ring (bicyclic) bond motifs is 5. The Hall–Kier alpha value is -4.09. The van der Waals surface area contributed by atoms with E-state index in [9.17, 15) is 9.18 Å². The lowest BCUT2D eigenvalue weighted by Crippen LogP contribution is -2.48. The lowest BCUT2D eigenvalue weighted by molar-refractivity contribution is 0.0384. The summed E-state index contributed by atoms with van der Waals surface area (Å²) in [7, 11) is 1.74. The van der Waals surface area contributed by atoms with Crippen molar-refractivity contribution in [2.75, 3.05) is 13.2 Å². The first kappa shape index (κ1) is 23.1. The van der Waals surface area contributed by atoms with Crippen molar-refractivity contribution in [2.45, 2.75) is 32.4 Å². The van der Waals surface area contributed by atoms with Crippen molar-refractivity contribution in [2.24, 2.45) is 7.05 Å². The third-order valence-electron chi connectivity index (χ3n) is 7.58. The number of hydrogen-bond donors (Lipinski definition) is 1. The van der Waals surface area contributed by atoms with E-state index in [2.05, 4.69) is 10.4 Å². The van der Waals surface area contributed by atoms with E-state index in [1.807, 2.05) is 0 Å². The fourth-order valence-corrected chi connectivity index (χ4v) is 5.75. The number of imidazole rings is 1. The Kier molecular flexibility index (Phi) is 4.98. The van der Waals surface area contributed by atoms with E-state index in [1.54, 1.807) is 66.9 Å². The molecule has 0 amide bonds. The molecule has 194 valence electrons. The third kappa shape index (κ3) is 3.25. The van der Waals surface area contributed by atoms with Crippen molar-refractivity contribution in [3.63, 3.8) is 0 Å². The Labute approximate surface area is 215 Å². The summed E-state index contributed by atoms with van der Waals surface area (Å²) in [6, 6.07) is 6.71. The van der Waals surface area contributed by atoms with Gasteiger partial charge in [0.1, 0.15) is 11.6 Å². The van der Waals surface area contributed by atoms with Gasteiger partial charge in [-0.25, -0.2) is 18.3 Å². The predicted octanol–water partition coefficient (Wildman–Crippen LogP) is 3.18. The number of ether oxygens (including phenoxy) is 1. The summed E-state index contributed by atoms with van der Waals surface area (Å²) >= 11 is 0. The smallest absolute Gasteiger partial charge is 0.338 e. The van der Waals surface area contributed by atoms with E-state index >= 15 is 4.39 Å². The molecule has 0 radical (unpaired) electrons. The number of aromatic nitrogens is 6. The molecule has 9 nitrogen and oxygen atoms in total. The molecule has 1 fully saturated rings. The molecular formula is C27H25F2N7O2. The fraction of sp³-hybridized carbons (Fsp3) is 0.296. The second-order valence-electron chi connectivity index (χ2n) is 10.1. The third-order valence-corrected chi connectivity index (χ3v) is 7.58. The molecule has 2 atom stereocenters. The molecule has 1 saturated heterocycles. The number of rotatable bonds is 3. The minimum Gasteiger partial charge on any atom is -0.378 e. The first-order valence-corrected chi connectivity index (χ1v) is 12.5. The van der Waals surface area contributed by atoms with Crippen molar-refractivity contribution in [3.05, 3.63) is 87.4 Å². The molecule has 0 aliphatic carbocycles. The summed E-state index contributed by atoms with van der Waals surface area (Å²) in [6.45, 7) is 4.43. The fourth-order valence-electron chi connectivity index (χ4n) is 5.75. The van der Waals surface area contributed by atoms with Crippen LogP contribution in [0.2, 0.25) is 0 Å². The van der Waals surface area contributed by atoms with Gasteiger partial charge in [0.2, 0.25) is 0 Å². The van der Waals surface area contributed by atoms with Crippen molar-refractivity contribution in [1.29, 1.82) is 0 Å². The lowest BCUT2D eigenvalue weighted by atomic mass is 9.94. The molecular weight excluding hydrogens is 492 g/mol. The second kappa shape index (κ2) is 8.20. The maximum absolute atomic E-state index is 15.5. The minimum absolute atomic E-state index is 0.121. The van der Waals surface area contributed by atoms with E-state index in [0.29, 0.717) is 53.2 Å². The number of nitrogens with one attached hydrogen (secondary N) is 1. The van der Waals surface area contributed by atoms with Gasteiger partial charge in [0, 0.05) is 37.5 Å². The molecule has 0 saturated carbocycles. The number of aryl methyl sites for hydroxylation is 3. The van der Waals surface area contributed by atoms with Gasteiger partial charge in [-0.1, -0.05) is 0 Å². The number of nitrogens with zero attached hydrogens (tertiary/aromatic N) is 6. The van der Waals surface area contributed by atoms with Crippen LogP contribution in [-0.2, 0) is 18.2 Å². The number of halogens is 2. The lowest BCUT2D eigenvalue weighted by Gasteiger charge is -2.35. The van der Waals surface area contributed by atoms with Crippen LogP contribution in [0.1, 0.15) is 28.4 Å². The first-order chi connectivity index (χ1) is 18.3. The average Bonchev–Trinajstić information content (AvgIpc) is 3.58. The van der Waals surface area contributed by atoms with Gasteiger partial charge in [0.25, 0.3) is 0 Å². The summed E-state index contributed by atoms with van der Waals surface area (Å²) in [5.41, 5.74) is 3.62. The van der Waals surface area contributed by atoms with Crippen LogP contribution in [0.25, 0.3) is 28.1 Å². The number of benzene rings is 2. The monoisotopic (exact) mass is 517 g/mol. The average molecular weight is 518 g/mol. The molecule has 2 aliphatic rings. The Morgan fingerprint density at radius 2 is 1.82 bits per heavy atom.